The Kier molecular flexibility index (Phi) is 4.26. The Bertz CT molecular complexity index is 330. The Morgan fingerprint density at radius 2 is 2.07 bits per heavy atom. The van der Waals surface area contributed by atoms with Crippen LogP contribution in [0.5, 0.6) is 0 Å². The number of hydrogen-bond acceptors (Lipinski definition) is 2. The number of aliphatic carboxylic acids is 1. The largest absolute Gasteiger partial charge is 0.478 e. The van der Waals surface area contributed by atoms with Crippen molar-refractivity contribution in [2.24, 2.45) is 0 Å². The molecule has 0 unspecified atom stereocenters. The molecule has 0 heterocycles. The lowest BCUT2D eigenvalue weighted by atomic mass is 10.3. The van der Waals surface area contributed by atoms with E-state index < -0.39 is 5.97 Å². The van der Waals surface area contributed by atoms with Crippen molar-refractivity contribution >= 4 is 17.7 Å². The monoisotopic (exact) mass is 208 g/mol. The lowest BCUT2D eigenvalue weighted by molar-refractivity contribution is -0.132. The Morgan fingerprint density at radius 1 is 1.43 bits per heavy atom. The maximum Gasteiger partial charge on any atom is 0.332 e. The van der Waals surface area contributed by atoms with Crippen molar-refractivity contribution in [2.75, 3.05) is 5.75 Å². The van der Waals surface area contributed by atoms with E-state index in [4.69, 9.17) is 5.11 Å². The molecule has 14 heavy (non-hydrogen) atoms. The van der Waals surface area contributed by atoms with E-state index in [9.17, 15) is 4.79 Å². The van der Waals surface area contributed by atoms with Gasteiger partial charge in [0.05, 0.1) is 0 Å². The molecular weight excluding hydrogens is 196 g/mol. The fraction of sp³-hybridized carbons (Fsp3) is 0.182. The minimum atomic E-state index is -0.837. The van der Waals surface area contributed by atoms with E-state index >= 15 is 0 Å². The van der Waals surface area contributed by atoms with Gasteiger partial charge in [-0.15, -0.1) is 11.8 Å². The maximum absolute atomic E-state index is 10.7. The molecule has 0 saturated heterocycles. The minimum Gasteiger partial charge on any atom is -0.478 e. The highest BCUT2D eigenvalue weighted by Gasteiger charge is 2.05. The average Bonchev–Trinajstić information content (AvgIpc) is 2.20. The molecule has 0 aromatic heterocycles. The number of benzene rings is 1. The molecule has 0 atom stereocenters. The molecule has 0 bridgehead atoms. The Morgan fingerprint density at radius 3 is 2.57 bits per heavy atom. The zero-order valence-corrected chi connectivity index (χ0v) is 8.75. The summed E-state index contributed by atoms with van der Waals surface area (Å²) in [7, 11) is 0. The first-order chi connectivity index (χ1) is 6.74. The van der Waals surface area contributed by atoms with Crippen molar-refractivity contribution in [3.63, 3.8) is 0 Å². The fourth-order valence-electron chi connectivity index (χ4n) is 0.946. The number of carboxylic acids is 1. The summed E-state index contributed by atoms with van der Waals surface area (Å²) in [6.07, 6.45) is 1.64. The molecule has 0 fully saturated rings. The zero-order chi connectivity index (χ0) is 10.4. The predicted octanol–water partition coefficient (Wildman–Crippen LogP) is 2.81. The van der Waals surface area contributed by atoms with Crippen molar-refractivity contribution in [3.05, 3.63) is 42.0 Å². The molecule has 0 aliphatic rings. The lowest BCUT2D eigenvalue weighted by Gasteiger charge is -2.01. The summed E-state index contributed by atoms with van der Waals surface area (Å²) in [5, 5.41) is 8.77. The van der Waals surface area contributed by atoms with Gasteiger partial charge in [-0.1, -0.05) is 24.3 Å². The van der Waals surface area contributed by atoms with E-state index in [-0.39, 0.29) is 0 Å². The third-order valence-electron chi connectivity index (χ3n) is 1.76. The van der Waals surface area contributed by atoms with Crippen molar-refractivity contribution in [1.82, 2.24) is 0 Å². The van der Waals surface area contributed by atoms with E-state index in [1.54, 1.807) is 13.0 Å². The molecule has 0 amide bonds. The van der Waals surface area contributed by atoms with Crippen LogP contribution in [0.4, 0.5) is 0 Å². The quantitative estimate of drug-likeness (QED) is 0.610. The van der Waals surface area contributed by atoms with Crippen LogP contribution in [0.15, 0.2) is 46.9 Å². The summed E-state index contributed by atoms with van der Waals surface area (Å²) in [5.74, 6) is -0.327. The van der Waals surface area contributed by atoms with Gasteiger partial charge in [0, 0.05) is 16.2 Å². The summed E-state index contributed by atoms with van der Waals surface area (Å²) in [6, 6.07) is 9.77. The first-order valence-corrected chi connectivity index (χ1v) is 5.29. The van der Waals surface area contributed by atoms with E-state index in [0.29, 0.717) is 11.3 Å². The van der Waals surface area contributed by atoms with Crippen LogP contribution in [-0.4, -0.2) is 16.8 Å². The standard InChI is InChI=1S/C11H12O2S/c1-2-9(11(12)13)8-14-10-6-4-3-5-7-10/h2-7H,8H2,1H3,(H,12,13)/b9-2+. The number of rotatable bonds is 4. The summed E-state index contributed by atoms with van der Waals surface area (Å²) >= 11 is 1.53. The van der Waals surface area contributed by atoms with Crippen LogP contribution in [0, 0.1) is 0 Å². The lowest BCUT2D eigenvalue weighted by Crippen LogP contribution is -2.02. The van der Waals surface area contributed by atoms with Crippen LogP contribution >= 0.6 is 11.8 Å². The second-order valence-electron chi connectivity index (χ2n) is 2.72. The molecule has 0 spiro atoms. The van der Waals surface area contributed by atoms with Crippen molar-refractivity contribution in [1.29, 1.82) is 0 Å². The van der Waals surface area contributed by atoms with Crippen LogP contribution in [0.25, 0.3) is 0 Å². The maximum atomic E-state index is 10.7. The van der Waals surface area contributed by atoms with E-state index in [0.717, 1.165) is 4.90 Å². The topological polar surface area (TPSA) is 37.3 Å². The molecule has 2 nitrogen and oxygen atoms in total. The number of carbonyl (C=O) groups is 1. The molecule has 1 aromatic carbocycles. The van der Waals surface area contributed by atoms with E-state index in [1.807, 2.05) is 30.3 Å². The molecule has 0 aliphatic heterocycles. The molecule has 0 saturated carbocycles. The van der Waals surface area contributed by atoms with Crippen LogP contribution in [0.3, 0.4) is 0 Å². The molecule has 1 N–H and O–H groups in total. The number of hydrogen-bond donors (Lipinski definition) is 1. The third kappa shape index (κ3) is 3.26. The summed E-state index contributed by atoms with van der Waals surface area (Å²) in [4.78, 5) is 11.8. The van der Waals surface area contributed by atoms with Crippen molar-refractivity contribution in [3.8, 4) is 0 Å². The van der Waals surface area contributed by atoms with Gasteiger partial charge in [0.15, 0.2) is 0 Å². The average molecular weight is 208 g/mol. The zero-order valence-electron chi connectivity index (χ0n) is 7.93. The molecule has 1 rings (SSSR count). The first-order valence-electron chi connectivity index (χ1n) is 4.30. The summed E-state index contributed by atoms with van der Waals surface area (Å²) < 4.78 is 0. The Labute approximate surface area is 87.6 Å². The van der Waals surface area contributed by atoms with E-state index in [1.165, 1.54) is 11.8 Å². The second kappa shape index (κ2) is 5.50. The number of thioether (sulfide) groups is 1. The highest BCUT2D eigenvalue weighted by molar-refractivity contribution is 7.99. The predicted molar refractivity (Wildman–Crippen MR) is 58.6 cm³/mol. The smallest absolute Gasteiger partial charge is 0.332 e. The van der Waals surface area contributed by atoms with Crippen LogP contribution in [-0.2, 0) is 4.79 Å². The normalized spacial score (nSPS) is 11.4. The highest BCUT2D eigenvalue weighted by Crippen LogP contribution is 2.19. The van der Waals surface area contributed by atoms with Crippen LogP contribution < -0.4 is 0 Å². The highest BCUT2D eigenvalue weighted by atomic mass is 32.2. The molecule has 1 aromatic rings. The van der Waals surface area contributed by atoms with E-state index in [2.05, 4.69) is 0 Å². The van der Waals surface area contributed by atoms with Gasteiger partial charge in [-0.3, -0.25) is 0 Å². The molecular formula is C11H12O2S. The van der Waals surface area contributed by atoms with Gasteiger partial charge in [-0.05, 0) is 19.1 Å². The Hall–Kier alpha value is -1.22. The molecule has 3 heteroatoms. The summed E-state index contributed by atoms with van der Waals surface area (Å²) in [5.41, 5.74) is 0.443. The Balaban J connectivity index is 2.53. The first kappa shape index (κ1) is 10.9. The second-order valence-corrected chi connectivity index (χ2v) is 3.77. The number of carboxylic acid groups (broad SMARTS) is 1. The third-order valence-corrected chi connectivity index (χ3v) is 2.82. The van der Waals surface area contributed by atoms with Gasteiger partial charge in [0.1, 0.15) is 0 Å². The van der Waals surface area contributed by atoms with Crippen LogP contribution in [0.2, 0.25) is 0 Å². The molecule has 0 radical (unpaired) electrons. The number of allylic oxidation sites excluding steroid dienone is 1. The molecule has 74 valence electrons. The minimum absolute atomic E-state index is 0.443. The van der Waals surface area contributed by atoms with Gasteiger partial charge in [0.25, 0.3) is 0 Å². The van der Waals surface area contributed by atoms with Gasteiger partial charge >= 0.3 is 5.97 Å². The van der Waals surface area contributed by atoms with Gasteiger partial charge in [0.2, 0.25) is 0 Å². The van der Waals surface area contributed by atoms with Gasteiger partial charge in [-0.25, -0.2) is 4.79 Å². The fourth-order valence-corrected chi connectivity index (χ4v) is 1.91. The van der Waals surface area contributed by atoms with Crippen LogP contribution in [0.1, 0.15) is 6.92 Å². The van der Waals surface area contributed by atoms with Crippen molar-refractivity contribution in [2.45, 2.75) is 11.8 Å². The SMILES string of the molecule is C/C=C(\CSc1ccccc1)C(=O)O. The van der Waals surface area contributed by atoms with Gasteiger partial charge < -0.3 is 5.11 Å². The van der Waals surface area contributed by atoms with Crippen molar-refractivity contribution < 1.29 is 9.90 Å². The van der Waals surface area contributed by atoms with Gasteiger partial charge in [-0.2, -0.15) is 0 Å². The molecule has 0 aliphatic carbocycles. The summed E-state index contributed by atoms with van der Waals surface area (Å²) in [6.45, 7) is 1.75.